The highest BCUT2D eigenvalue weighted by atomic mass is 35.5. The van der Waals surface area contributed by atoms with Crippen LogP contribution in [-0.2, 0) is 0 Å². The third-order valence-electron chi connectivity index (χ3n) is 5.88. The van der Waals surface area contributed by atoms with Crippen molar-refractivity contribution in [1.29, 1.82) is 0 Å². The van der Waals surface area contributed by atoms with E-state index in [9.17, 15) is 4.79 Å². The quantitative estimate of drug-likeness (QED) is 0.252. The number of rotatable bonds is 6. The van der Waals surface area contributed by atoms with Gasteiger partial charge in [-0.05, 0) is 86.1 Å². The van der Waals surface area contributed by atoms with Gasteiger partial charge in [0.15, 0.2) is 0 Å². The van der Waals surface area contributed by atoms with Gasteiger partial charge in [0, 0.05) is 50.8 Å². The van der Waals surface area contributed by atoms with Crippen molar-refractivity contribution in [3.8, 4) is 0 Å². The minimum absolute atomic E-state index is 0.196. The lowest BCUT2D eigenvalue weighted by molar-refractivity contribution is 0.102. The summed E-state index contributed by atoms with van der Waals surface area (Å²) in [6.45, 7) is 4.08. The van der Waals surface area contributed by atoms with Crippen LogP contribution in [-0.4, -0.2) is 20.9 Å². The van der Waals surface area contributed by atoms with Gasteiger partial charge < -0.3 is 15.6 Å². The number of carbonyl (C=O) groups is 1. The number of H-pyrrole nitrogens is 1. The third-order valence-corrected chi connectivity index (χ3v) is 6.13. The Morgan fingerprint density at radius 3 is 2.51 bits per heavy atom. The average molecular weight is 482 g/mol. The van der Waals surface area contributed by atoms with Crippen LogP contribution in [0.25, 0.3) is 10.9 Å². The van der Waals surface area contributed by atoms with E-state index in [1.807, 2.05) is 62.4 Å². The van der Waals surface area contributed by atoms with Crippen LogP contribution in [0.4, 0.5) is 11.5 Å². The second-order valence-electron chi connectivity index (χ2n) is 8.44. The molecule has 0 aliphatic rings. The number of aromatic amines is 1. The Bertz CT molecular complexity index is 1500. The summed E-state index contributed by atoms with van der Waals surface area (Å²) in [6, 6.07) is 22.3. The monoisotopic (exact) mass is 481 g/mol. The Morgan fingerprint density at radius 1 is 0.943 bits per heavy atom. The molecule has 0 fully saturated rings. The number of hydrogen-bond acceptors (Lipinski definition) is 4. The molecule has 6 nitrogen and oxygen atoms in total. The van der Waals surface area contributed by atoms with Crippen LogP contribution < -0.4 is 10.6 Å². The first-order valence-corrected chi connectivity index (χ1v) is 11.6. The molecular weight excluding hydrogens is 458 g/mol. The number of aryl methyl sites for hydroxylation is 2. The van der Waals surface area contributed by atoms with E-state index in [0.29, 0.717) is 16.3 Å². The highest BCUT2D eigenvalue weighted by Gasteiger charge is 2.23. The van der Waals surface area contributed by atoms with Crippen LogP contribution >= 0.6 is 11.6 Å². The van der Waals surface area contributed by atoms with E-state index in [1.54, 1.807) is 36.7 Å². The summed E-state index contributed by atoms with van der Waals surface area (Å²) in [4.78, 5) is 25.4. The number of pyridine rings is 2. The summed E-state index contributed by atoms with van der Waals surface area (Å²) in [7, 11) is 0. The largest absolute Gasteiger partial charge is 0.358 e. The van der Waals surface area contributed by atoms with Crippen LogP contribution in [0.5, 0.6) is 0 Å². The molecule has 5 rings (SSSR count). The molecule has 0 saturated carbocycles. The molecule has 0 saturated heterocycles. The van der Waals surface area contributed by atoms with E-state index in [0.717, 1.165) is 39.2 Å². The zero-order valence-corrected chi connectivity index (χ0v) is 20.1. The van der Waals surface area contributed by atoms with Gasteiger partial charge in [0.25, 0.3) is 5.91 Å². The van der Waals surface area contributed by atoms with Gasteiger partial charge in [0.05, 0.1) is 11.7 Å². The van der Waals surface area contributed by atoms with Crippen molar-refractivity contribution in [3.05, 3.63) is 118 Å². The summed E-state index contributed by atoms with van der Waals surface area (Å²) < 4.78 is 0. The standard InChI is InChI=1S/C28H24ClN5O/c1-17-12-14-31-25(15-17)34-27(24-5-3-4-13-30-24)26-18(2)32-23-11-10-21(16-22(23)26)33-28(35)19-6-8-20(29)9-7-19/h3-16,27,32H,1-2H3,(H,31,34)(H,33,35)/t27-/m1/s1. The van der Waals surface area contributed by atoms with E-state index in [1.165, 1.54) is 0 Å². The van der Waals surface area contributed by atoms with Gasteiger partial charge in [-0.2, -0.15) is 0 Å². The fourth-order valence-electron chi connectivity index (χ4n) is 4.21. The number of aromatic nitrogens is 3. The topological polar surface area (TPSA) is 82.7 Å². The second kappa shape index (κ2) is 9.60. The molecule has 5 aromatic rings. The molecule has 7 heteroatoms. The summed E-state index contributed by atoms with van der Waals surface area (Å²) >= 11 is 5.96. The maximum absolute atomic E-state index is 12.8. The Hall–Kier alpha value is -4.16. The smallest absolute Gasteiger partial charge is 0.255 e. The van der Waals surface area contributed by atoms with Crippen molar-refractivity contribution >= 4 is 39.9 Å². The number of fused-ring (bicyclic) bond motifs is 1. The maximum atomic E-state index is 12.8. The lowest BCUT2D eigenvalue weighted by atomic mass is 9.99. The number of halogens is 1. The Labute approximate surface area is 208 Å². The van der Waals surface area contributed by atoms with Crippen molar-refractivity contribution in [3.63, 3.8) is 0 Å². The number of hydrogen-bond donors (Lipinski definition) is 3. The van der Waals surface area contributed by atoms with E-state index >= 15 is 0 Å². The number of anilines is 2. The molecule has 174 valence electrons. The van der Waals surface area contributed by atoms with Crippen molar-refractivity contribution in [2.45, 2.75) is 19.9 Å². The molecule has 0 unspecified atom stereocenters. The maximum Gasteiger partial charge on any atom is 0.255 e. The summed E-state index contributed by atoms with van der Waals surface area (Å²) in [6.07, 6.45) is 3.58. The summed E-state index contributed by atoms with van der Waals surface area (Å²) in [5, 5.41) is 8.15. The zero-order valence-electron chi connectivity index (χ0n) is 19.3. The van der Waals surface area contributed by atoms with Gasteiger partial charge in [-0.25, -0.2) is 4.98 Å². The third kappa shape index (κ3) is 4.88. The second-order valence-corrected chi connectivity index (χ2v) is 8.87. The molecule has 0 spiro atoms. The van der Waals surface area contributed by atoms with Crippen LogP contribution in [0.2, 0.25) is 5.02 Å². The Kier molecular flexibility index (Phi) is 6.21. The van der Waals surface area contributed by atoms with Gasteiger partial charge >= 0.3 is 0 Å². The van der Waals surface area contributed by atoms with Gasteiger partial charge in [-0.15, -0.1) is 0 Å². The lowest BCUT2D eigenvalue weighted by Crippen LogP contribution is -2.15. The van der Waals surface area contributed by atoms with Crippen molar-refractivity contribution in [2.75, 3.05) is 10.6 Å². The number of carbonyl (C=O) groups excluding carboxylic acids is 1. The van der Waals surface area contributed by atoms with E-state index < -0.39 is 0 Å². The van der Waals surface area contributed by atoms with E-state index in [4.69, 9.17) is 11.6 Å². The average Bonchev–Trinajstić information content (AvgIpc) is 3.18. The van der Waals surface area contributed by atoms with Gasteiger partial charge in [0.2, 0.25) is 0 Å². The molecule has 3 aromatic heterocycles. The minimum Gasteiger partial charge on any atom is -0.358 e. The molecule has 3 N–H and O–H groups in total. The molecule has 35 heavy (non-hydrogen) atoms. The molecule has 0 aliphatic heterocycles. The normalized spacial score (nSPS) is 11.9. The predicted octanol–water partition coefficient (Wildman–Crippen LogP) is 6.68. The van der Waals surface area contributed by atoms with Gasteiger partial charge in [-0.1, -0.05) is 17.7 Å². The SMILES string of the molecule is Cc1ccnc(N[C@H](c2ccccn2)c2c(C)[nH]c3ccc(NC(=O)c4ccc(Cl)cc4)cc23)c1. The number of amides is 1. The van der Waals surface area contributed by atoms with Crippen molar-refractivity contribution < 1.29 is 4.79 Å². The molecule has 1 atom stereocenters. The highest BCUT2D eigenvalue weighted by molar-refractivity contribution is 6.30. The van der Waals surface area contributed by atoms with Crippen molar-refractivity contribution in [2.24, 2.45) is 0 Å². The van der Waals surface area contributed by atoms with Crippen LogP contribution in [0.15, 0.2) is 85.2 Å². The lowest BCUT2D eigenvalue weighted by Gasteiger charge is -2.20. The fourth-order valence-corrected chi connectivity index (χ4v) is 4.33. The Morgan fingerprint density at radius 2 is 1.77 bits per heavy atom. The first kappa shape index (κ1) is 22.6. The molecule has 0 radical (unpaired) electrons. The zero-order chi connectivity index (χ0) is 24.4. The predicted molar refractivity (Wildman–Crippen MR) is 141 cm³/mol. The van der Waals surface area contributed by atoms with Gasteiger partial charge in [0.1, 0.15) is 5.82 Å². The van der Waals surface area contributed by atoms with Crippen molar-refractivity contribution in [1.82, 2.24) is 15.0 Å². The van der Waals surface area contributed by atoms with E-state index in [2.05, 4.69) is 25.6 Å². The molecule has 2 aromatic carbocycles. The number of nitrogens with zero attached hydrogens (tertiary/aromatic N) is 2. The van der Waals surface area contributed by atoms with E-state index in [-0.39, 0.29) is 11.9 Å². The number of benzene rings is 2. The summed E-state index contributed by atoms with van der Waals surface area (Å²) in [5.41, 5.74) is 6.26. The fraction of sp³-hybridized carbons (Fsp3) is 0.107. The van der Waals surface area contributed by atoms with Crippen LogP contribution in [0, 0.1) is 13.8 Å². The van der Waals surface area contributed by atoms with Gasteiger partial charge in [-0.3, -0.25) is 9.78 Å². The minimum atomic E-state index is -0.249. The molecule has 3 heterocycles. The molecule has 0 aliphatic carbocycles. The molecule has 0 bridgehead atoms. The van der Waals surface area contributed by atoms with Crippen LogP contribution in [0.3, 0.4) is 0 Å². The molecular formula is C28H24ClN5O. The molecule has 1 amide bonds. The van der Waals surface area contributed by atoms with Crippen LogP contribution in [0.1, 0.15) is 38.9 Å². The highest BCUT2D eigenvalue weighted by Crippen LogP contribution is 2.35. The first-order valence-electron chi connectivity index (χ1n) is 11.3. The first-order chi connectivity index (χ1) is 17.0. The Balaban J connectivity index is 1.55. The number of nitrogens with one attached hydrogen (secondary N) is 3. The summed E-state index contributed by atoms with van der Waals surface area (Å²) in [5.74, 6) is 0.569.